The topological polar surface area (TPSA) is 43.6 Å². The van der Waals surface area contributed by atoms with Gasteiger partial charge in [-0.25, -0.2) is 15.0 Å². The molecule has 0 saturated heterocycles. The highest BCUT2D eigenvalue weighted by molar-refractivity contribution is 6.24. The molecule has 2 heterocycles. The van der Waals surface area contributed by atoms with Gasteiger partial charge in [0.1, 0.15) is 0 Å². The highest BCUT2D eigenvalue weighted by Gasteiger charge is 2.24. The number of hydrogen-bond donors (Lipinski definition) is 0. The minimum absolute atomic E-state index is 0.609. The summed E-state index contributed by atoms with van der Waals surface area (Å²) in [4.78, 5) is 16.0. The molecule has 0 bridgehead atoms. The molecule has 0 aliphatic carbocycles. The number of hydrogen-bond acceptors (Lipinski definition) is 3. The molecule has 13 rings (SSSR count). The number of aromatic nitrogens is 4. The van der Waals surface area contributed by atoms with Crippen LogP contribution in [0.25, 0.3) is 127 Å². The lowest BCUT2D eigenvalue weighted by molar-refractivity contribution is 1.08. The Bertz CT molecular complexity index is 3950. The first kappa shape index (κ1) is 38.5. The summed E-state index contributed by atoms with van der Waals surface area (Å²) in [7, 11) is 0. The summed E-state index contributed by atoms with van der Waals surface area (Å²) in [5.74, 6) is 1.85. The van der Waals surface area contributed by atoms with Crippen LogP contribution >= 0.6 is 0 Å². The van der Waals surface area contributed by atoms with E-state index in [-0.39, 0.29) is 0 Å². The summed E-state index contributed by atoms with van der Waals surface area (Å²) in [5, 5.41) is 9.44. The fourth-order valence-corrected chi connectivity index (χ4v) is 10.0. The Balaban J connectivity index is 1.18. The molecule has 0 unspecified atom stereocenters. The minimum Gasteiger partial charge on any atom is -0.309 e. The van der Waals surface area contributed by atoms with Crippen molar-refractivity contribution < 1.29 is 0 Å². The zero-order valence-electron chi connectivity index (χ0n) is 36.4. The van der Waals surface area contributed by atoms with Gasteiger partial charge >= 0.3 is 0 Å². The van der Waals surface area contributed by atoms with Crippen molar-refractivity contribution in [3.05, 3.63) is 243 Å². The molecule has 4 nitrogen and oxygen atoms in total. The van der Waals surface area contributed by atoms with Crippen LogP contribution in [0.15, 0.2) is 243 Å². The maximum absolute atomic E-state index is 5.42. The van der Waals surface area contributed by atoms with Crippen molar-refractivity contribution in [2.24, 2.45) is 0 Å². The van der Waals surface area contributed by atoms with Crippen LogP contribution in [-0.2, 0) is 0 Å². The van der Waals surface area contributed by atoms with E-state index in [4.69, 9.17) is 15.0 Å². The van der Waals surface area contributed by atoms with Crippen molar-refractivity contribution in [2.45, 2.75) is 0 Å². The Morgan fingerprint density at radius 2 is 0.791 bits per heavy atom. The Morgan fingerprint density at radius 1 is 0.269 bits per heavy atom. The number of nitrogens with zero attached hydrogens (tertiary/aromatic N) is 4. The van der Waals surface area contributed by atoms with Gasteiger partial charge in [-0.3, -0.25) is 0 Å². The van der Waals surface area contributed by atoms with Crippen LogP contribution < -0.4 is 0 Å². The second kappa shape index (κ2) is 15.9. The molecule has 13 aromatic rings. The third-order valence-electron chi connectivity index (χ3n) is 13.2. The van der Waals surface area contributed by atoms with Gasteiger partial charge in [-0.05, 0) is 96.7 Å². The number of benzene rings is 11. The molecule has 312 valence electrons. The fourth-order valence-electron chi connectivity index (χ4n) is 10.0. The van der Waals surface area contributed by atoms with E-state index in [0.29, 0.717) is 17.5 Å². The van der Waals surface area contributed by atoms with Gasteiger partial charge in [0.2, 0.25) is 0 Å². The highest BCUT2D eigenvalue weighted by atomic mass is 15.0. The standard InChI is InChI=1S/C63H40N4/c1-5-18-41(19-6-1)46-29-17-30-47(36-46)50-32-34-52-54(37-50)60(63-65-61(44-23-9-3-10-24-44)64-62(66-63)45-25-11-4-12-26-45)53(42-20-7-2-8-21-42)40-58(52)67-56-35-33-43-22-15-16-31-51(43)59(56)55-38-48-27-13-14-28-49(48)39-57(55)67/h1-40H. The lowest BCUT2D eigenvalue weighted by atomic mass is 9.89. The van der Waals surface area contributed by atoms with Crippen LogP contribution in [0.4, 0.5) is 0 Å². The van der Waals surface area contributed by atoms with Crippen LogP contribution in [0.1, 0.15) is 0 Å². The van der Waals surface area contributed by atoms with Gasteiger partial charge < -0.3 is 4.57 Å². The molecule has 0 aliphatic rings. The first-order valence-corrected chi connectivity index (χ1v) is 22.8. The second-order valence-corrected chi connectivity index (χ2v) is 17.2. The first-order chi connectivity index (χ1) is 33.2. The van der Waals surface area contributed by atoms with Gasteiger partial charge in [0.15, 0.2) is 17.5 Å². The van der Waals surface area contributed by atoms with Crippen LogP contribution in [0.2, 0.25) is 0 Å². The summed E-state index contributed by atoms with van der Waals surface area (Å²) in [5.41, 5.74) is 12.8. The quantitative estimate of drug-likeness (QED) is 0.160. The Hall–Kier alpha value is -8.99. The van der Waals surface area contributed by atoms with Crippen LogP contribution in [0.3, 0.4) is 0 Å². The smallest absolute Gasteiger partial charge is 0.165 e. The van der Waals surface area contributed by atoms with Crippen LogP contribution in [-0.4, -0.2) is 19.5 Å². The van der Waals surface area contributed by atoms with E-state index < -0.39 is 0 Å². The normalized spacial score (nSPS) is 11.6. The predicted molar refractivity (Wildman–Crippen MR) is 279 cm³/mol. The van der Waals surface area contributed by atoms with E-state index >= 15 is 0 Å². The molecule has 4 heteroatoms. The highest BCUT2D eigenvalue weighted by Crippen LogP contribution is 2.46. The maximum atomic E-state index is 5.42. The Labute approximate surface area is 387 Å². The molecule has 67 heavy (non-hydrogen) atoms. The predicted octanol–water partition coefficient (Wildman–Crippen LogP) is 16.4. The summed E-state index contributed by atoms with van der Waals surface area (Å²) in [6, 6.07) is 86.7. The maximum Gasteiger partial charge on any atom is 0.165 e. The molecule has 0 saturated carbocycles. The summed E-state index contributed by atoms with van der Waals surface area (Å²) in [6.45, 7) is 0. The first-order valence-electron chi connectivity index (χ1n) is 22.8. The largest absolute Gasteiger partial charge is 0.309 e. The van der Waals surface area contributed by atoms with E-state index in [1.807, 2.05) is 36.4 Å². The molecule has 2 aromatic heterocycles. The van der Waals surface area contributed by atoms with E-state index in [1.54, 1.807) is 0 Å². The van der Waals surface area contributed by atoms with Crippen molar-refractivity contribution in [1.82, 2.24) is 19.5 Å². The minimum atomic E-state index is 0.609. The molecular formula is C63H40N4. The summed E-state index contributed by atoms with van der Waals surface area (Å²) < 4.78 is 2.50. The number of fused-ring (bicyclic) bond motifs is 7. The number of rotatable bonds is 7. The van der Waals surface area contributed by atoms with Gasteiger partial charge in [0.25, 0.3) is 0 Å². The van der Waals surface area contributed by atoms with Crippen molar-refractivity contribution in [3.63, 3.8) is 0 Å². The third kappa shape index (κ3) is 6.65. The molecule has 11 aromatic carbocycles. The van der Waals surface area contributed by atoms with Crippen molar-refractivity contribution in [1.29, 1.82) is 0 Å². The molecule has 0 fully saturated rings. The lowest BCUT2D eigenvalue weighted by Crippen LogP contribution is -2.04. The lowest BCUT2D eigenvalue weighted by Gasteiger charge is -2.20. The molecule has 0 radical (unpaired) electrons. The second-order valence-electron chi connectivity index (χ2n) is 17.2. The van der Waals surface area contributed by atoms with Gasteiger partial charge in [-0.1, -0.05) is 206 Å². The third-order valence-corrected chi connectivity index (χ3v) is 13.2. The van der Waals surface area contributed by atoms with Gasteiger partial charge in [0.05, 0.1) is 16.7 Å². The van der Waals surface area contributed by atoms with Gasteiger partial charge in [-0.2, -0.15) is 0 Å². The van der Waals surface area contributed by atoms with E-state index in [0.717, 1.165) is 66.4 Å². The molecule has 0 atom stereocenters. The zero-order valence-corrected chi connectivity index (χ0v) is 36.4. The van der Waals surface area contributed by atoms with Crippen molar-refractivity contribution in [3.8, 4) is 73.2 Å². The van der Waals surface area contributed by atoms with E-state index in [1.165, 1.54) is 43.4 Å². The summed E-state index contributed by atoms with van der Waals surface area (Å²) in [6.07, 6.45) is 0. The molecular weight excluding hydrogens is 813 g/mol. The fraction of sp³-hybridized carbons (Fsp3) is 0. The van der Waals surface area contributed by atoms with Crippen LogP contribution in [0.5, 0.6) is 0 Å². The SMILES string of the molecule is c1ccc(-c2cccc(-c3ccc4c(-n5c6cc7ccccc7cc6c6c7ccccc7ccc65)cc(-c5ccccc5)c(-c5nc(-c6ccccc6)nc(-c6ccccc6)n5)c4c3)c2)cc1. The molecule has 0 aliphatic heterocycles. The Morgan fingerprint density at radius 3 is 1.46 bits per heavy atom. The molecule has 0 spiro atoms. The van der Waals surface area contributed by atoms with Gasteiger partial charge in [0, 0.05) is 32.8 Å². The zero-order chi connectivity index (χ0) is 44.3. The average molecular weight is 853 g/mol. The monoisotopic (exact) mass is 852 g/mol. The molecule has 0 amide bonds. The van der Waals surface area contributed by atoms with Gasteiger partial charge in [-0.15, -0.1) is 0 Å². The van der Waals surface area contributed by atoms with E-state index in [9.17, 15) is 0 Å². The Kier molecular flexibility index (Phi) is 9.14. The van der Waals surface area contributed by atoms with Crippen molar-refractivity contribution in [2.75, 3.05) is 0 Å². The molecule has 0 N–H and O–H groups in total. The van der Waals surface area contributed by atoms with E-state index in [2.05, 4.69) is 211 Å². The van der Waals surface area contributed by atoms with Crippen molar-refractivity contribution >= 4 is 54.1 Å². The summed E-state index contributed by atoms with van der Waals surface area (Å²) >= 11 is 0. The van der Waals surface area contributed by atoms with Crippen LogP contribution in [0, 0.1) is 0 Å². The average Bonchev–Trinajstić information content (AvgIpc) is 3.73.